The molecular formula is C15H14ClNO3S. The van der Waals surface area contributed by atoms with E-state index >= 15 is 0 Å². The molecule has 2 rings (SSSR count). The van der Waals surface area contributed by atoms with E-state index in [-0.39, 0.29) is 0 Å². The molecule has 110 valence electrons. The van der Waals surface area contributed by atoms with Crippen LogP contribution >= 0.6 is 11.6 Å². The minimum absolute atomic E-state index is 0.312. The van der Waals surface area contributed by atoms with Crippen LogP contribution in [0.3, 0.4) is 0 Å². The highest BCUT2D eigenvalue weighted by Gasteiger charge is 2.09. The van der Waals surface area contributed by atoms with Gasteiger partial charge in [0, 0.05) is 22.0 Å². The highest BCUT2D eigenvalue weighted by molar-refractivity contribution is 7.83. The van der Waals surface area contributed by atoms with Crippen molar-refractivity contribution in [3.8, 4) is 0 Å². The Labute approximate surface area is 130 Å². The number of methoxy groups -OCH3 is 1. The molecule has 21 heavy (non-hydrogen) atoms. The van der Waals surface area contributed by atoms with Gasteiger partial charge in [-0.1, -0.05) is 29.8 Å². The van der Waals surface area contributed by atoms with Crippen molar-refractivity contribution in [1.29, 1.82) is 0 Å². The minimum atomic E-state index is -1.11. The summed E-state index contributed by atoms with van der Waals surface area (Å²) in [6, 6.07) is 10.6. The zero-order valence-corrected chi connectivity index (χ0v) is 13.0. The van der Waals surface area contributed by atoms with Crippen LogP contribution in [0.1, 0.15) is 21.6 Å². The Morgan fingerprint density at radius 1 is 1.24 bits per heavy atom. The van der Waals surface area contributed by atoms with Gasteiger partial charge in [0.15, 0.2) is 0 Å². The van der Waals surface area contributed by atoms with Gasteiger partial charge in [0.2, 0.25) is 0 Å². The Morgan fingerprint density at radius 2 is 2.00 bits per heavy atom. The first-order valence-electron chi connectivity index (χ1n) is 6.22. The minimum Gasteiger partial charge on any atom is -0.465 e. The lowest BCUT2D eigenvalue weighted by Crippen LogP contribution is -2.05. The molecule has 2 aromatic rings. The lowest BCUT2D eigenvalue weighted by molar-refractivity contribution is 0.0600. The molecule has 0 aliphatic carbocycles. The maximum atomic E-state index is 12.1. The van der Waals surface area contributed by atoms with Gasteiger partial charge in [0.1, 0.15) is 0 Å². The number of carbonyl (C=O) groups excluding carboxylic acids is 1. The van der Waals surface area contributed by atoms with Crippen LogP contribution in [0, 0.1) is 0 Å². The van der Waals surface area contributed by atoms with Crippen molar-refractivity contribution in [3.05, 3.63) is 64.4 Å². The van der Waals surface area contributed by atoms with E-state index in [0.29, 0.717) is 27.8 Å². The van der Waals surface area contributed by atoms with Crippen LogP contribution in [0.2, 0.25) is 5.02 Å². The number of benzene rings is 1. The normalized spacial score (nSPS) is 11.9. The largest absolute Gasteiger partial charge is 0.465 e. The smallest absolute Gasteiger partial charge is 0.339 e. The fourth-order valence-electron chi connectivity index (χ4n) is 1.75. The van der Waals surface area contributed by atoms with Crippen molar-refractivity contribution in [2.24, 2.45) is 0 Å². The predicted octanol–water partition coefficient (Wildman–Crippen LogP) is 2.97. The molecule has 6 heteroatoms. The summed E-state index contributed by atoms with van der Waals surface area (Å²) in [7, 11) is 0.200. The molecular weight excluding hydrogens is 310 g/mol. The third-order valence-electron chi connectivity index (χ3n) is 2.83. The topological polar surface area (TPSA) is 56.3 Å². The second kappa shape index (κ2) is 7.33. The van der Waals surface area contributed by atoms with Crippen molar-refractivity contribution in [2.45, 2.75) is 11.5 Å². The van der Waals surface area contributed by atoms with Gasteiger partial charge >= 0.3 is 5.97 Å². The van der Waals surface area contributed by atoms with E-state index in [1.165, 1.54) is 13.3 Å². The Bertz CT molecular complexity index is 658. The molecule has 0 aliphatic rings. The third-order valence-corrected chi connectivity index (χ3v) is 4.45. The lowest BCUT2D eigenvalue weighted by Gasteiger charge is -2.05. The van der Waals surface area contributed by atoms with Crippen molar-refractivity contribution in [2.75, 3.05) is 7.11 Å². The molecule has 0 aliphatic heterocycles. The monoisotopic (exact) mass is 323 g/mol. The van der Waals surface area contributed by atoms with Gasteiger partial charge in [0.25, 0.3) is 0 Å². The Morgan fingerprint density at radius 3 is 2.62 bits per heavy atom. The second-order valence-corrected chi connectivity index (χ2v) is 6.21. The van der Waals surface area contributed by atoms with Crippen LogP contribution in [-0.4, -0.2) is 22.3 Å². The fraction of sp³-hybridized carbons (Fsp3) is 0.200. The van der Waals surface area contributed by atoms with E-state index < -0.39 is 16.8 Å². The van der Waals surface area contributed by atoms with Crippen LogP contribution in [0.25, 0.3) is 0 Å². The van der Waals surface area contributed by atoms with Crippen molar-refractivity contribution in [3.63, 3.8) is 0 Å². The summed E-state index contributed by atoms with van der Waals surface area (Å²) in [5.74, 6) is 0.249. The average Bonchev–Trinajstić information content (AvgIpc) is 2.49. The van der Waals surface area contributed by atoms with E-state index in [1.807, 2.05) is 18.2 Å². The van der Waals surface area contributed by atoms with Gasteiger partial charge in [-0.3, -0.25) is 9.19 Å². The standard InChI is InChI=1S/C15H14ClNO3S/c1-20-15(18)11-6-7-13(17-8-11)10-21(19)9-12-4-2-3-5-14(12)16/h2-8H,9-10H2,1H3. The molecule has 1 aromatic heterocycles. The van der Waals surface area contributed by atoms with E-state index in [4.69, 9.17) is 11.6 Å². The number of rotatable bonds is 5. The maximum absolute atomic E-state index is 12.1. The summed E-state index contributed by atoms with van der Waals surface area (Å²) in [5, 5.41) is 0.611. The summed E-state index contributed by atoms with van der Waals surface area (Å²) in [5.41, 5.74) is 1.88. The lowest BCUT2D eigenvalue weighted by atomic mass is 10.2. The van der Waals surface area contributed by atoms with Gasteiger partial charge in [-0.25, -0.2) is 4.79 Å². The number of aromatic nitrogens is 1. The van der Waals surface area contributed by atoms with Crippen molar-refractivity contribution < 1.29 is 13.7 Å². The average molecular weight is 324 g/mol. The fourth-order valence-corrected chi connectivity index (χ4v) is 3.24. The molecule has 1 unspecified atom stereocenters. The summed E-state index contributed by atoms with van der Waals surface area (Å²) < 4.78 is 16.7. The summed E-state index contributed by atoms with van der Waals surface area (Å²) in [4.78, 5) is 15.4. The number of esters is 1. The SMILES string of the molecule is COC(=O)c1ccc(CS(=O)Cc2ccccc2Cl)nc1. The molecule has 0 saturated carbocycles. The number of hydrogen-bond acceptors (Lipinski definition) is 4. The van der Waals surface area contributed by atoms with Crippen LogP contribution in [0.4, 0.5) is 0 Å². The van der Waals surface area contributed by atoms with Crippen molar-refractivity contribution in [1.82, 2.24) is 4.98 Å². The van der Waals surface area contributed by atoms with E-state index in [9.17, 15) is 9.00 Å². The van der Waals surface area contributed by atoms with Crippen LogP contribution in [-0.2, 0) is 27.0 Å². The zero-order chi connectivity index (χ0) is 15.2. The quantitative estimate of drug-likeness (QED) is 0.794. The number of halogens is 1. The summed E-state index contributed by atoms with van der Waals surface area (Å²) in [6.07, 6.45) is 1.42. The first-order chi connectivity index (χ1) is 10.1. The number of nitrogens with zero attached hydrogens (tertiary/aromatic N) is 1. The van der Waals surface area contributed by atoms with Gasteiger partial charge in [-0.05, 0) is 23.8 Å². The molecule has 1 heterocycles. The molecule has 0 N–H and O–H groups in total. The molecule has 1 atom stereocenters. The number of carbonyl (C=O) groups is 1. The molecule has 0 radical (unpaired) electrons. The molecule has 0 bridgehead atoms. The molecule has 0 amide bonds. The van der Waals surface area contributed by atoms with Gasteiger partial charge in [-0.15, -0.1) is 0 Å². The molecule has 0 fully saturated rings. The van der Waals surface area contributed by atoms with E-state index in [2.05, 4.69) is 9.72 Å². The summed E-state index contributed by atoms with van der Waals surface area (Å²) in [6.45, 7) is 0. The van der Waals surface area contributed by atoms with Gasteiger partial charge in [-0.2, -0.15) is 0 Å². The molecule has 4 nitrogen and oxygen atoms in total. The maximum Gasteiger partial charge on any atom is 0.339 e. The van der Waals surface area contributed by atoms with E-state index in [1.54, 1.807) is 18.2 Å². The first kappa shape index (κ1) is 15.7. The summed E-state index contributed by atoms with van der Waals surface area (Å²) >= 11 is 6.04. The molecule has 0 spiro atoms. The van der Waals surface area contributed by atoms with Gasteiger partial charge in [0.05, 0.1) is 29.9 Å². The van der Waals surface area contributed by atoms with Crippen molar-refractivity contribution >= 4 is 28.4 Å². The Balaban J connectivity index is 2.00. The Hall–Kier alpha value is -1.72. The highest BCUT2D eigenvalue weighted by atomic mass is 35.5. The van der Waals surface area contributed by atoms with Crippen LogP contribution in [0.5, 0.6) is 0 Å². The van der Waals surface area contributed by atoms with Gasteiger partial charge < -0.3 is 4.74 Å². The van der Waals surface area contributed by atoms with Crippen LogP contribution in [0.15, 0.2) is 42.6 Å². The number of hydrogen-bond donors (Lipinski definition) is 0. The second-order valence-electron chi connectivity index (χ2n) is 4.35. The van der Waals surface area contributed by atoms with E-state index in [0.717, 1.165) is 5.56 Å². The number of pyridine rings is 1. The zero-order valence-electron chi connectivity index (χ0n) is 11.4. The number of ether oxygens (including phenoxy) is 1. The first-order valence-corrected chi connectivity index (χ1v) is 8.08. The Kier molecular flexibility index (Phi) is 5.47. The molecule has 1 aromatic carbocycles. The predicted molar refractivity (Wildman–Crippen MR) is 82.6 cm³/mol. The van der Waals surface area contributed by atoms with Crippen LogP contribution < -0.4 is 0 Å². The highest BCUT2D eigenvalue weighted by Crippen LogP contribution is 2.17. The third kappa shape index (κ3) is 4.37. The molecule has 0 saturated heterocycles.